The van der Waals surface area contributed by atoms with E-state index < -0.39 is 0 Å². The van der Waals surface area contributed by atoms with Crippen molar-refractivity contribution >= 4 is 16.9 Å². The number of hydrogen-bond donors (Lipinski definition) is 1. The zero-order chi connectivity index (χ0) is 14.7. The van der Waals surface area contributed by atoms with Crippen molar-refractivity contribution in [2.24, 2.45) is 0 Å². The van der Waals surface area contributed by atoms with Crippen molar-refractivity contribution in [2.75, 3.05) is 11.9 Å². The Morgan fingerprint density at radius 1 is 1.10 bits per heavy atom. The molecule has 1 N–H and O–H groups in total. The molecule has 1 aromatic carbocycles. The summed E-state index contributed by atoms with van der Waals surface area (Å²) in [6.45, 7) is 5.16. The first-order chi connectivity index (χ1) is 10.3. The van der Waals surface area contributed by atoms with Crippen molar-refractivity contribution in [1.29, 1.82) is 0 Å². The Morgan fingerprint density at radius 3 is 2.81 bits per heavy atom. The first kappa shape index (κ1) is 13.6. The molecular weight excluding hydrogens is 260 g/mol. The largest absolute Gasteiger partial charge is 0.355 e. The average molecular weight is 280 g/mol. The van der Waals surface area contributed by atoms with E-state index in [0.29, 0.717) is 6.04 Å². The summed E-state index contributed by atoms with van der Waals surface area (Å²) in [5.41, 5.74) is 2.36. The molecule has 4 heteroatoms. The number of hydrogen-bond acceptors (Lipinski definition) is 3. The summed E-state index contributed by atoms with van der Waals surface area (Å²) in [6.07, 6.45) is 6.62. The molecule has 108 valence electrons. The van der Waals surface area contributed by atoms with E-state index in [9.17, 15) is 0 Å². The third-order valence-corrected chi connectivity index (χ3v) is 3.62. The minimum Gasteiger partial charge on any atom is -0.355 e. The van der Waals surface area contributed by atoms with Crippen molar-refractivity contribution in [3.63, 3.8) is 0 Å². The third-order valence-electron chi connectivity index (χ3n) is 3.62. The average Bonchev–Trinajstić information content (AvgIpc) is 2.96. The summed E-state index contributed by atoms with van der Waals surface area (Å²) >= 11 is 0. The van der Waals surface area contributed by atoms with Gasteiger partial charge in [0.1, 0.15) is 0 Å². The quantitative estimate of drug-likeness (QED) is 0.775. The van der Waals surface area contributed by atoms with Gasteiger partial charge in [0.2, 0.25) is 5.95 Å². The number of nitrogens with one attached hydrogen (secondary N) is 1. The third kappa shape index (κ3) is 2.89. The zero-order valence-electron chi connectivity index (χ0n) is 12.5. The van der Waals surface area contributed by atoms with E-state index >= 15 is 0 Å². The molecule has 3 rings (SSSR count). The number of rotatable bonds is 5. The van der Waals surface area contributed by atoms with Crippen LogP contribution in [0.4, 0.5) is 5.95 Å². The van der Waals surface area contributed by atoms with Gasteiger partial charge in [0.15, 0.2) is 0 Å². The van der Waals surface area contributed by atoms with Gasteiger partial charge < -0.3 is 9.88 Å². The molecule has 0 unspecified atom stereocenters. The molecule has 0 saturated heterocycles. The Kier molecular flexibility index (Phi) is 3.86. The maximum absolute atomic E-state index is 4.49. The van der Waals surface area contributed by atoms with Gasteiger partial charge in [-0.2, -0.15) is 0 Å². The predicted octanol–water partition coefficient (Wildman–Crippen LogP) is 3.67. The van der Waals surface area contributed by atoms with Gasteiger partial charge in [-0.15, -0.1) is 0 Å². The second-order valence-electron chi connectivity index (χ2n) is 5.42. The lowest BCUT2D eigenvalue weighted by Gasteiger charge is -2.13. The molecule has 2 heterocycles. The second kappa shape index (κ2) is 5.95. The van der Waals surface area contributed by atoms with Gasteiger partial charge in [-0.3, -0.25) is 4.98 Å². The molecule has 0 fully saturated rings. The summed E-state index contributed by atoms with van der Waals surface area (Å²) in [6, 6.07) is 10.8. The number of imidazole rings is 1. The molecule has 2 aromatic heterocycles. The highest BCUT2D eigenvalue weighted by atomic mass is 15.2. The van der Waals surface area contributed by atoms with Crippen LogP contribution in [0.5, 0.6) is 0 Å². The lowest BCUT2D eigenvalue weighted by atomic mass is 10.1. The molecule has 0 radical (unpaired) electrons. The minimum absolute atomic E-state index is 0.411. The number of fused-ring (bicyclic) bond motifs is 1. The van der Waals surface area contributed by atoms with Gasteiger partial charge >= 0.3 is 0 Å². The molecule has 3 aromatic rings. The van der Waals surface area contributed by atoms with Crippen LogP contribution in [0.25, 0.3) is 10.9 Å². The fourth-order valence-electron chi connectivity index (χ4n) is 2.54. The fourth-order valence-corrected chi connectivity index (χ4v) is 2.54. The standard InChI is InChI=1S/C17H20N4/c1-13(2)21-12-11-20-17(21)19-10-8-15-6-3-5-14-7-4-9-18-16(14)15/h3-7,9,11-13H,8,10H2,1-2H3,(H,19,20). The number of pyridine rings is 1. The van der Waals surface area contributed by atoms with Crippen molar-refractivity contribution in [1.82, 2.24) is 14.5 Å². The summed E-state index contributed by atoms with van der Waals surface area (Å²) in [4.78, 5) is 8.86. The SMILES string of the molecule is CC(C)n1ccnc1NCCc1cccc2cccnc12. The van der Waals surface area contributed by atoms with Gasteiger partial charge in [-0.25, -0.2) is 4.98 Å². The number of para-hydroxylation sites is 1. The van der Waals surface area contributed by atoms with E-state index in [2.05, 4.69) is 58.0 Å². The van der Waals surface area contributed by atoms with Crippen molar-refractivity contribution in [3.05, 3.63) is 54.5 Å². The molecule has 0 amide bonds. The van der Waals surface area contributed by atoms with Crippen LogP contribution >= 0.6 is 0 Å². The van der Waals surface area contributed by atoms with Crippen LogP contribution in [0.2, 0.25) is 0 Å². The molecule has 0 saturated carbocycles. The fraction of sp³-hybridized carbons (Fsp3) is 0.294. The summed E-state index contributed by atoms with van der Waals surface area (Å²) in [7, 11) is 0. The van der Waals surface area contributed by atoms with E-state index in [0.717, 1.165) is 24.4 Å². The Bertz CT molecular complexity index is 725. The van der Waals surface area contributed by atoms with Gasteiger partial charge in [0.25, 0.3) is 0 Å². The summed E-state index contributed by atoms with van der Waals surface area (Å²) < 4.78 is 2.14. The normalized spacial score (nSPS) is 11.2. The zero-order valence-corrected chi connectivity index (χ0v) is 12.5. The van der Waals surface area contributed by atoms with E-state index in [-0.39, 0.29) is 0 Å². The molecule has 0 atom stereocenters. The molecular formula is C17H20N4. The first-order valence-corrected chi connectivity index (χ1v) is 7.35. The van der Waals surface area contributed by atoms with Gasteiger partial charge in [-0.1, -0.05) is 24.3 Å². The monoisotopic (exact) mass is 280 g/mol. The van der Waals surface area contributed by atoms with Crippen LogP contribution in [0.3, 0.4) is 0 Å². The lowest BCUT2D eigenvalue weighted by molar-refractivity contribution is 0.604. The Labute approximate surface area is 124 Å². The van der Waals surface area contributed by atoms with E-state index in [1.54, 1.807) is 0 Å². The molecule has 4 nitrogen and oxygen atoms in total. The lowest BCUT2D eigenvalue weighted by Crippen LogP contribution is -2.12. The Balaban J connectivity index is 1.71. The van der Waals surface area contributed by atoms with Crippen LogP contribution < -0.4 is 5.32 Å². The molecule has 0 spiro atoms. The number of aromatic nitrogens is 3. The van der Waals surface area contributed by atoms with Crippen LogP contribution in [0.1, 0.15) is 25.5 Å². The smallest absolute Gasteiger partial charge is 0.203 e. The Morgan fingerprint density at radius 2 is 1.95 bits per heavy atom. The van der Waals surface area contributed by atoms with Gasteiger partial charge in [0.05, 0.1) is 5.52 Å². The topological polar surface area (TPSA) is 42.7 Å². The molecule has 21 heavy (non-hydrogen) atoms. The van der Waals surface area contributed by atoms with Crippen LogP contribution in [-0.4, -0.2) is 21.1 Å². The highest BCUT2D eigenvalue weighted by Crippen LogP contribution is 2.17. The number of nitrogens with zero attached hydrogens (tertiary/aromatic N) is 3. The maximum Gasteiger partial charge on any atom is 0.203 e. The summed E-state index contributed by atoms with van der Waals surface area (Å²) in [5.74, 6) is 0.929. The van der Waals surface area contributed by atoms with Crippen LogP contribution in [-0.2, 0) is 6.42 Å². The van der Waals surface area contributed by atoms with Crippen LogP contribution in [0.15, 0.2) is 48.9 Å². The Hall–Kier alpha value is -2.36. The van der Waals surface area contributed by atoms with Gasteiger partial charge in [-0.05, 0) is 31.9 Å². The molecule has 0 bridgehead atoms. The highest BCUT2D eigenvalue weighted by molar-refractivity contribution is 5.81. The van der Waals surface area contributed by atoms with Gasteiger partial charge in [0, 0.05) is 36.6 Å². The van der Waals surface area contributed by atoms with E-state index in [1.165, 1.54) is 10.9 Å². The maximum atomic E-state index is 4.49. The summed E-state index contributed by atoms with van der Waals surface area (Å²) in [5, 5.41) is 4.61. The number of anilines is 1. The minimum atomic E-state index is 0.411. The first-order valence-electron chi connectivity index (χ1n) is 7.35. The predicted molar refractivity (Wildman–Crippen MR) is 86.5 cm³/mol. The van der Waals surface area contributed by atoms with E-state index in [4.69, 9.17) is 0 Å². The second-order valence-corrected chi connectivity index (χ2v) is 5.42. The van der Waals surface area contributed by atoms with Crippen molar-refractivity contribution < 1.29 is 0 Å². The molecule has 0 aliphatic carbocycles. The molecule has 0 aliphatic rings. The van der Waals surface area contributed by atoms with E-state index in [1.807, 2.05) is 24.7 Å². The van der Waals surface area contributed by atoms with Crippen molar-refractivity contribution in [3.8, 4) is 0 Å². The number of benzene rings is 1. The molecule has 0 aliphatic heterocycles. The van der Waals surface area contributed by atoms with Crippen LogP contribution in [0, 0.1) is 0 Å². The highest BCUT2D eigenvalue weighted by Gasteiger charge is 2.06. The van der Waals surface area contributed by atoms with Crippen molar-refractivity contribution in [2.45, 2.75) is 26.3 Å².